The highest BCUT2D eigenvalue weighted by Gasteiger charge is 2.09. The van der Waals surface area contributed by atoms with E-state index in [2.05, 4.69) is 33.1 Å². The van der Waals surface area contributed by atoms with Gasteiger partial charge in [0.15, 0.2) is 0 Å². The zero-order valence-electron chi connectivity index (χ0n) is 9.00. The molecule has 0 aliphatic carbocycles. The molecule has 0 saturated carbocycles. The third-order valence-electron chi connectivity index (χ3n) is 2.49. The van der Waals surface area contributed by atoms with Crippen LogP contribution in [0.3, 0.4) is 0 Å². The van der Waals surface area contributed by atoms with Gasteiger partial charge in [0.1, 0.15) is 0 Å². The predicted octanol–water partition coefficient (Wildman–Crippen LogP) is 2.36. The molecule has 1 aliphatic heterocycles. The van der Waals surface area contributed by atoms with Crippen LogP contribution in [0.4, 0.5) is 0 Å². The summed E-state index contributed by atoms with van der Waals surface area (Å²) < 4.78 is 0.887. The van der Waals surface area contributed by atoms with Crippen LogP contribution >= 0.6 is 15.9 Å². The van der Waals surface area contributed by atoms with Crippen molar-refractivity contribution in [1.29, 1.82) is 0 Å². The number of rotatable bonds is 4. The molecule has 0 unspecified atom stereocenters. The largest absolute Gasteiger partial charge is 0.375 e. The summed E-state index contributed by atoms with van der Waals surface area (Å²) in [5.74, 6) is 0. The third-order valence-corrected chi connectivity index (χ3v) is 2.95. The van der Waals surface area contributed by atoms with Crippen LogP contribution in [0.15, 0.2) is 22.5 Å². The first kappa shape index (κ1) is 12.3. The van der Waals surface area contributed by atoms with E-state index in [1.54, 1.807) is 6.20 Å². The molecule has 15 heavy (non-hydrogen) atoms. The lowest BCUT2D eigenvalue weighted by Gasteiger charge is -2.29. The van der Waals surface area contributed by atoms with Crippen molar-refractivity contribution in [2.45, 2.75) is 26.2 Å². The van der Waals surface area contributed by atoms with Gasteiger partial charge < -0.3 is 10.2 Å². The highest BCUT2D eigenvalue weighted by atomic mass is 79.9. The first-order valence-corrected chi connectivity index (χ1v) is 6.02. The van der Waals surface area contributed by atoms with Crippen LogP contribution in [0.2, 0.25) is 0 Å². The monoisotopic (exact) mass is 272 g/mol. The maximum absolute atomic E-state index is 10.1. The molecule has 1 rings (SSSR count). The molecule has 0 radical (unpaired) electrons. The van der Waals surface area contributed by atoms with Crippen molar-refractivity contribution < 1.29 is 4.79 Å². The van der Waals surface area contributed by atoms with Crippen LogP contribution in [-0.4, -0.2) is 24.4 Å². The molecule has 0 atom stereocenters. The summed E-state index contributed by atoms with van der Waals surface area (Å²) in [7, 11) is 0. The van der Waals surface area contributed by atoms with Crippen LogP contribution in [0.5, 0.6) is 0 Å². The van der Waals surface area contributed by atoms with Gasteiger partial charge in [-0.15, -0.1) is 0 Å². The number of carbonyl (C=O) groups is 1. The number of amides is 1. The number of nitrogens with zero attached hydrogens (tertiary/aromatic N) is 1. The molecule has 1 aliphatic rings. The Bertz CT molecular complexity index is 268. The second-order valence-corrected chi connectivity index (χ2v) is 4.56. The van der Waals surface area contributed by atoms with Gasteiger partial charge >= 0.3 is 0 Å². The Morgan fingerprint density at radius 3 is 2.60 bits per heavy atom. The number of carbonyl (C=O) groups excluding carboxylic acids is 1. The fraction of sp³-hybridized carbons (Fsp3) is 0.545. The zero-order valence-corrected chi connectivity index (χ0v) is 10.6. The molecule has 84 valence electrons. The van der Waals surface area contributed by atoms with E-state index in [1.807, 2.05) is 6.08 Å². The standard InChI is InChI=1S/C11H17BrN2O/c1-10(7-11(12)8-13-9-15)14-5-3-2-4-6-14/h7-9H,2-6H2,1H3,(H,13,15)/b10-7+,11-8+. The first-order valence-electron chi connectivity index (χ1n) is 5.22. The van der Waals surface area contributed by atoms with Gasteiger partial charge in [0.25, 0.3) is 0 Å². The van der Waals surface area contributed by atoms with E-state index in [-0.39, 0.29) is 0 Å². The Kier molecular flexibility index (Phi) is 5.47. The second kappa shape index (κ2) is 6.67. The Morgan fingerprint density at radius 1 is 1.33 bits per heavy atom. The molecule has 0 bridgehead atoms. The normalized spacial score (nSPS) is 18.9. The molecular weight excluding hydrogens is 256 g/mol. The van der Waals surface area contributed by atoms with Gasteiger partial charge in [-0.05, 0) is 48.2 Å². The Balaban J connectivity index is 2.52. The maximum atomic E-state index is 10.1. The summed E-state index contributed by atoms with van der Waals surface area (Å²) in [6.07, 6.45) is 8.22. The van der Waals surface area contributed by atoms with Crippen LogP contribution in [-0.2, 0) is 4.79 Å². The summed E-state index contributed by atoms with van der Waals surface area (Å²) in [5, 5.41) is 2.50. The number of nitrogens with one attached hydrogen (secondary N) is 1. The van der Waals surface area contributed by atoms with E-state index in [0.717, 1.165) is 17.6 Å². The van der Waals surface area contributed by atoms with Crippen molar-refractivity contribution in [2.24, 2.45) is 0 Å². The number of likely N-dealkylation sites (tertiary alicyclic amines) is 1. The number of halogens is 1. The Labute approximate surface area is 99.3 Å². The van der Waals surface area contributed by atoms with Crippen molar-refractivity contribution in [2.75, 3.05) is 13.1 Å². The van der Waals surface area contributed by atoms with E-state index < -0.39 is 0 Å². The topological polar surface area (TPSA) is 32.3 Å². The average molecular weight is 273 g/mol. The molecule has 0 aromatic heterocycles. The predicted molar refractivity (Wildman–Crippen MR) is 65.4 cm³/mol. The molecule has 3 nitrogen and oxygen atoms in total. The first-order chi connectivity index (χ1) is 7.24. The van der Waals surface area contributed by atoms with E-state index in [9.17, 15) is 4.79 Å². The summed E-state index contributed by atoms with van der Waals surface area (Å²) in [4.78, 5) is 12.5. The van der Waals surface area contributed by atoms with E-state index in [4.69, 9.17) is 0 Å². The number of piperidine rings is 1. The van der Waals surface area contributed by atoms with Crippen LogP contribution < -0.4 is 5.32 Å². The number of allylic oxidation sites excluding steroid dienone is 3. The summed E-state index contributed by atoms with van der Waals surface area (Å²) in [6.45, 7) is 4.38. The smallest absolute Gasteiger partial charge is 0.211 e. The SMILES string of the molecule is C/C(=C\C(Br)=C/NC=O)N1CCCCC1. The van der Waals surface area contributed by atoms with Gasteiger partial charge in [-0.1, -0.05) is 0 Å². The molecule has 0 aromatic rings. The lowest BCUT2D eigenvalue weighted by molar-refractivity contribution is -0.108. The minimum Gasteiger partial charge on any atom is -0.375 e. The van der Waals surface area contributed by atoms with Gasteiger partial charge in [-0.2, -0.15) is 0 Å². The van der Waals surface area contributed by atoms with Crippen molar-refractivity contribution in [3.05, 3.63) is 22.5 Å². The molecule has 1 amide bonds. The molecule has 0 aromatic carbocycles. The quantitative estimate of drug-likeness (QED) is 0.630. The lowest BCUT2D eigenvalue weighted by atomic mass is 10.1. The minimum absolute atomic E-state index is 0.658. The van der Waals surface area contributed by atoms with Crippen molar-refractivity contribution >= 4 is 22.3 Å². The van der Waals surface area contributed by atoms with Crippen LogP contribution in [0.25, 0.3) is 0 Å². The Hall–Kier alpha value is -0.770. The van der Waals surface area contributed by atoms with Gasteiger partial charge in [0.05, 0.1) is 0 Å². The fourth-order valence-corrected chi connectivity index (χ4v) is 2.16. The molecule has 4 heteroatoms. The number of hydrogen-bond donors (Lipinski definition) is 1. The van der Waals surface area contributed by atoms with Gasteiger partial charge in [0, 0.05) is 29.5 Å². The molecule has 1 N–H and O–H groups in total. The van der Waals surface area contributed by atoms with Crippen LogP contribution in [0, 0.1) is 0 Å². The summed E-state index contributed by atoms with van der Waals surface area (Å²) >= 11 is 3.38. The third kappa shape index (κ3) is 4.51. The highest BCUT2D eigenvalue weighted by molar-refractivity contribution is 9.11. The second-order valence-electron chi connectivity index (χ2n) is 3.65. The molecular formula is C11H17BrN2O. The molecule has 1 heterocycles. The fourth-order valence-electron chi connectivity index (χ4n) is 1.69. The van der Waals surface area contributed by atoms with Crippen molar-refractivity contribution in [1.82, 2.24) is 10.2 Å². The van der Waals surface area contributed by atoms with Gasteiger partial charge in [-0.25, -0.2) is 0 Å². The van der Waals surface area contributed by atoms with Gasteiger partial charge in [0.2, 0.25) is 6.41 Å². The summed E-state index contributed by atoms with van der Waals surface area (Å²) in [6, 6.07) is 0. The van der Waals surface area contributed by atoms with Crippen LogP contribution in [0.1, 0.15) is 26.2 Å². The Morgan fingerprint density at radius 2 is 2.00 bits per heavy atom. The molecule has 1 saturated heterocycles. The van der Waals surface area contributed by atoms with Gasteiger partial charge in [-0.3, -0.25) is 4.79 Å². The van der Waals surface area contributed by atoms with Crippen molar-refractivity contribution in [3.63, 3.8) is 0 Å². The highest BCUT2D eigenvalue weighted by Crippen LogP contribution is 2.17. The lowest BCUT2D eigenvalue weighted by Crippen LogP contribution is -2.27. The van der Waals surface area contributed by atoms with E-state index >= 15 is 0 Å². The zero-order chi connectivity index (χ0) is 11.1. The van der Waals surface area contributed by atoms with E-state index in [0.29, 0.717) is 6.41 Å². The summed E-state index contributed by atoms with van der Waals surface area (Å²) in [5.41, 5.74) is 1.24. The average Bonchev–Trinajstić information content (AvgIpc) is 2.27. The van der Waals surface area contributed by atoms with Crippen molar-refractivity contribution in [3.8, 4) is 0 Å². The molecule has 1 fully saturated rings. The molecule has 0 spiro atoms. The minimum atomic E-state index is 0.658. The van der Waals surface area contributed by atoms with E-state index in [1.165, 1.54) is 25.0 Å². The number of hydrogen-bond acceptors (Lipinski definition) is 2. The maximum Gasteiger partial charge on any atom is 0.211 e.